The van der Waals surface area contributed by atoms with Crippen molar-refractivity contribution in [2.75, 3.05) is 5.32 Å². The third kappa shape index (κ3) is 4.55. The fourth-order valence-corrected chi connectivity index (χ4v) is 4.06. The summed E-state index contributed by atoms with van der Waals surface area (Å²) in [6.45, 7) is 0. The van der Waals surface area contributed by atoms with E-state index in [2.05, 4.69) is 5.32 Å². The van der Waals surface area contributed by atoms with Gasteiger partial charge in [-0.3, -0.25) is 9.98 Å². The molecule has 5 nitrogen and oxygen atoms in total. The SMILES string of the molecule is N=c1sn(C(=S)Nc2ccccc2)c(=Nc2ccc(Cl)cc2)n1-c1ccc(Cl)cc1. The minimum Gasteiger partial charge on any atom is -0.331 e. The zero-order chi connectivity index (χ0) is 21.1. The highest BCUT2D eigenvalue weighted by molar-refractivity contribution is 7.80. The van der Waals surface area contributed by atoms with E-state index in [0.29, 0.717) is 26.5 Å². The van der Waals surface area contributed by atoms with Gasteiger partial charge in [0.1, 0.15) is 0 Å². The van der Waals surface area contributed by atoms with Gasteiger partial charge in [-0.25, -0.2) is 8.95 Å². The van der Waals surface area contributed by atoms with E-state index in [-0.39, 0.29) is 4.80 Å². The number of anilines is 1. The van der Waals surface area contributed by atoms with Gasteiger partial charge in [-0.1, -0.05) is 41.4 Å². The molecule has 0 unspecified atom stereocenters. The maximum absolute atomic E-state index is 8.56. The first kappa shape index (κ1) is 20.6. The maximum atomic E-state index is 8.56. The third-order valence-corrected chi connectivity index (χ3v) is 5.90. The van der Waals surface area contributed by atoms with E-state index >= 15 is 0 Å². The van der Waals surface area contributed by atoms with Crippen molar-refractivity contribution in [1.29, 1.82) is 5.41 Å². The highest BCUT2D eigenvalue weighted by Crippen LogP contribution is 2.16. The van der Waals surface area contributed by atoms with Crippen LogP contribution in [0.5, 0.6) is 0 Å². The molecule has 0 saturated carbocycles. The molecule has 0 atom stereocenters. The number of para-hydroxylation sites is 1. The van der Waals surface area contributed by atoms with Gasteiger partial charge in [0.25, 0.3) is 0 Å². The molecule has 9 heteroatoms. The van der Waals surface area contributed by atoms with Crippen LogP contribution >= 0.6 is 47.0 Å². The van der Waals surface area contributed by atoms with Gasteiger partial charge < -0.3 is 5.32 Å². The molecular formula is C21H15Cl2N5S2. The molecule has 1 aromatic heterocycles. The normalized spacial score (nSPS) is 11.5. The molecule has 2 N–H and O–H groups in total. The lowest BCUT2D eigenvalue weighted by Crippen LogP contribution is -2.33. The van der Waals surface area contributed by atoms with Crippen LogP contribution in [-0.2, 0) is 0 Å². The van der Waals surface area contributed by atoms with Gasteiger partial charge in [0, 0.05) is 15.7 Å². The molecule has 0 radical (unpaired) electrons. The Kier molecular flexibility index (Phi) is 6.15. The maximum Gasteiger partial charge on any atom is 0.233 e. The largest absolute Gasteiger partial charge is 0.331 e. The molecule has 3 aromatic carbocycles. The molecule has 0 amide bonds. The van der Waals surface area contributed by atoms with Crippen LogP contribution < -0.4 is 15.7 Å². The standard InChI is InChI=1S/C21H15Cl2N5S2/c22-14-6-10-17(11-7-14)25-20-27(18-12-8-15(23)9-13-18)19(24)30-28(20)21(29)26-16-4-2-1-3-5-16/h1-13,24H,(H,26,29). The van der Waals surface area contributed by atoms with Gasteiger partial charge in [0.15, 0.2) is 5.11 Å². The summed E-state index contributed by atoms with van der Waals surface area (Å²) in [6.07, 6.45) is 0. The zero-order valence-electron chi connectivity index (χ0n) is 15.4. The summed E-state index contributed by atoms with van der Waals surface area (Å²) < 4.78 is 3.43. The number of hydrogen-bond acceptors (Lipinski definition) is 4. The molecule has 0 bridgehead atoms. The lowest BCUT2D eigenvalue weighted by atomic mass is 10.3. The second kappa shape index (κ2) is 8.97. The molecule has 30 heavy (non-hydrogen) atoms. The van der Waals surface area contributed by atoms with Crippen LogP contribution in [0.15, 0.2) is 83.9 Å². The second-order valence-corrected chi connectivity index (χ2v) is 8.38. The highest BCUT2D eigenvalue weighted by atomic mass is 35.5. The predicted molar refractivity (Wildman–Crippen MR) is 127 cm³/mol. The van der Waals surface area contributed by atoms with Gasteiger partial charge in [-0.2, -0.15) is 0 Å². The van der Waals surface area contributed by atoms with Crippen molar-refractivity contribution in [3.05, 3.63) is 99.3 Å². The first-order chi connectivity index (χ1) is 14.5. The van der Waals surface area contributed by atoms with Gasteiger partial charge in [-0.15, -0.1) is 0 Å². The monoisotopic (exact) mass is 471 g/mol. The van der Waals surface area contributed by atoms with E-state index in [1.165, 1.54) is 11.5 Å². The number of nitrogens with one attached hydrogen (secondary N) is 2. The summed E-state index contributed by atoms with van der Waals surface area (Å²) in [5.41, 5.74) is 2.79. The Bertz CT molecular complexity index is 1300. The van der Waals surface area contributed by atoms with Crippen LogP contribution in [0.25, 0.3) is 5.69 Å². The first-order valence-electron chi connectivity index (χ1n) is 8.84. The quantitative estimate of drug-likeness (QED) is 0.381. The van der Waals surface area contributed by atoms with Crippen molar-refractivity contribution in [1.82, 2.24) is 8.52 Å². The number of halogens is 2. The summed E-state index contributed by atoms with van der Waals surface area (Å²) in [4.78, 5) is 5.03. The van der Waals surface area contributed by atoms with Crippen molar-refractivity contribution in [2.24, 2.45) is 4.99 Å². The number of hydrogen-bond donors (Lipinski definition) is 2. The van der Waals surface area contributed by atoms with Crippen molar-refractivity contribution in [3.8, 4) is 5.69 Å². The number of thiocarbonyl (C=S) groups is 1. The summed E-state index contributed by atoms with van der Waals surface area (Å²) in [5.74, 6) is 0. The van der Waals surface area contributed by atoms with E-state index in [9.17, 15) is 0 Å². The van der Waals surface area contributed by atoms with Crippen molar-refractivity contribution >= 4 is 63.4 Å². The van der Waals surface area contributed by atoms with Crippen LogP contribution in [0.2, 0.25) is 10.0 Å². The molecule has 4 rings (SSSR count). The Morgan fingerprint density at radius 3 is 2.13 bits per heavy atom. The molecule has 150 valence electrons. The molecule has 0 saturated heterocycles. The van der Waals surface area contributed by atoms with Crippen LogP contribution in [0.3, 0.4) is 0 Å². The molecule has 0 aliphatic carbocycles. The summed E-state index contributed by atoms with van der Waals surface area (Å²) in [7, 11) is 0. The Labute approximate surface area is 192 Å². The molecule has 0 aliphatic heterocycles. The molecule has 0 fully saturated rings. The fourth-order valence-electron chi connectivity index (χ4n) is 2.73. The Morgan fingerprint density at radius 1 is 0.900 bits per heavy atom. The van der Waals surface area contributed by atoms with Crippen LogP contribution in [-0.4, -0.2) is 13.6 Å². The van der Waals surface area contributed by atoms with Crippen molar-refractivity contribution in [2.45, 2.75) is 0 Å². The van der Waals surface area contributed by atoms with Crippen LogP contribution in [0.1, 0.15) is 0 Å². The van der Waals surface area contributed by atoms with E-state index in [1.807, 2.05) is 54.6 Å². The number of aromatic nitrogens is 2. The summed E-state index contributed by atoms with van der Waals surface area (Å²) in [6, 6.07) is 24.0. The van der Waals surface area contributed by atoms with E-state index in [4.69, 9.17) is 45.8 Å². The molecule has 0 spiro atoms. The number of benzene rings is 3. The van der Waals surface area contributed by atoms with E-state index < -0.39 is 0 Å². The summed E-state index contributed by atoms with van der Waals surface area (Å²) in [5, 5.41) is 13.4. The fraction of sp³-hybridized carbons (Fsp3) is 0. The minimum atomic E-state index is 0.266. The third-order valence-electron chi connectivity index (χ3n) is 4.11. The Balaban J connectivity index is 1.88. The van der Waals surface area contributed by atoms with E-state index in [1.54, 1.807) is 32.8 Å². The van der Waals surface area contributed by atoms with Gasteiger partial charge in [-0.05, 0) is 84.4 Å². The average molecular weight is 472 g/mol. The topological polar surface area (TPSA) is 58.1 Å². The molecule has 1 heterocycles. The Morgan fingerprint density at radius 2 is 1.50 bits per heavy atom. The molecular weight excluding hydrogens is 457 g/mol. The number of rotatable bonds is 3. The van der Waals surface area contributed by atoms with Gasteiger partial charge >= 0.3 is 0 Å². The lowest BCUT2D eigenvalue weighted by molar-refractivity contribution is 0.859. The zero-order valence-corrected chi connectivity index (χ0v) is 18.6. The molecule has 0 aliphatic rings. The minimum absolute atomic E-state index is 0.266. The highest BCUT2D eigenvalue weighted by Gasteiger charge is 2.13. The van der Waals surface area contributed by atoms with Crippen LogP contribution in [0, 0.1) is 5.41 Å². The molecule has 4 aromatic rings. The first-order valence-corrected chi connectivity index (χ1v) is 10.8. The second-order valence-electron chi connectivity index (χ2n) is 6.19. The van der Waals surface area contributed by atoms with E-state index in [0.717, 1.165) is 11.4 Å². The lowest BCUT2D eigenvalue weighted by Gasteiger charge is -2.09. The predicted octanol–water partition coefficient (Wildman–Crippen LogP) is 5.60. The van der Waals surface area contributed by atoms with Crippen molar-refractivity contribution in [3.63, 3.8) is 0 Å². The Hall–Kier alpha value is -2.71. The van der Waals surface area contributed by atoms with Gasteiger partial charge in [0.2, 0.25) is 10.4 Å². The van der Waals surface area contributed by atoms with Gasteiger partial charge in [0.05, 0.1) is 11.4 Å². The number of nitrogens with zero attached hydrogens (tertiary/aromatic N) is 3. The van der Waals surface area contributed by atoms with Crippen molar-refractivity contribution < 1.29 is 0 Å². The summed E-state index contributed by atoms with van der Waals surface area (Å²) >= 11 is 18.9. The van der Waals surface area contributed by atoms with Crippen LogP contribution in [0.4, 0.5) is 11.4 Å². The smallest absolute Gasteiger partial charge is 0.233 e. The average Bonchev–Trinajstić information content (AvgIpc) is 3.07.